The topological polar surface area (TPSA) is 33.0 Å². The SMILES string of the molecule is COc1cccc(/C=C/CC#N)c1. The zero-order valence-electron chi connectivity index (χ0n) is 7.53. The third kappa shape index (κ3) is 3.00. The number of methoxy groups -OCH3 is 1. The molecule has 0 fully saturated rings. The van der Waals surface area contributed by atoms with Gasteiger partial charge in [-0.05, 0) is 17.7 Å². The van der Waals surface area contributed by atoms with Gasteiger partial charge in [0.15, 0.2) is 0 Å². The molecule has 0 atom stereocenters. The molecule has 0 bridgehead atoms. The van der Waals surface area contributed by atoms with E-state index in [-0.39, 0.29) is 0 Å². The molecule has 13 heavy (non-hydrogen) atoms. The first-order valence-corrected chi connectivity index (χ1v) is 4.04. The zero-order valence-corrected chi connectivity index (χ0v) is 7.53. The van der Waals surface area contributed by atoms with Crippen molar-refractivity contribution < 1.29 is 4.74 Å². The van der Waals surface area contributed by atoms with Gasteiger partial charge in [-0.25, -0.2) is 0 Å². The summed E-state index contributed by atoms with van der Waals surface area (Å²) in [5, 5.41) is 8.32. The minimum Gasteiger partial charge on any atom is -0.497 e. The molecule has 0 aliphatic heterocycles. The molecule has 0 radical (unpaired) electrons. The van der Waals surface area contributed by atoms with E-state index in [1.807, 2.05) is 42.5 Å². The van der Waals surface area contributed by atoms with E-state index in [0.29, 0.717) is 6.42 Å². The third-order valence-corrected chi connectivity index (χ3v) is 1.61. The lowest BCUT2D eigenvalue weighted by atomic mass is 10.2. The fourth-order valence-corrected chi connectivity index (χ4v) is 0.993. The number of hydrogen-bond donors (Lipinski definition) is 0. The van der Waals surface area contributed by atoms with Crippen LogP contribution in [0, 0.1) is 11.3 Å². The van der Waals surface area contributed by atoms with Gasteiger partial charge in [-0.3, -0.25) is 0 Å². The van der Waals surface area contributed by atoms with Crippen LogP contribution in [0.15, 0.2) is 30.3 Å². The summed E-state index contributed by atoms with van der Waals surface area (Å²) >= 11 is 0. The highest BCUT2D eigenvalue weighted by atomic mass is 16.5. The van der Waals surface area contributed by atoms with Crippen LogP contribution in [-0.2, 0) is 0 Å². The molecule has 0 saturated carbocycles. The van der Waals surface area contributed by atoms with Crippen LogP contribution in [0.5, 0.6) is 5.75 Å². The second-order valence-corrected chi connectivity index (χ2v) is 2.54. The highest BCUT2D eigenvalue weighted by molar-refractivity contribution is 5.51. The monoisotopic (exact) mass is 173 g/mol. The van der Waals surface area contributed by atoms with Gasteiger partial charge >= 0.3 is 0 Å². The Hall–Kier alpha value is -1.75. The van der Waals surface area contributed by atoms with Crippen molar-refractivity contribution in [3.63, 3.8) is 0 Å². The van der Waals surface area contributed by atoms with E-state index in [2.05, 4.69) is 0 Å². The van der Waals surface area contributed by atoms with E-state index in [4.69, 9.17) is 10.00 Å². The molecule has 0 saturated heterocycles. The molecule has 1 aromatic rings. The van der Waals surface area contributed by atoms with Crippen LogP contribution in [0.3, 0.4) is 0 Å². The smallest absolute Gasteiger partial charge is 0.119 e. The first-order chi connectivity index (χ1) is 6.36. The predicted molar refractivity (Wildman–Crippen MR) is 52.3 cm³/mol. The van der Waals surface area contributed by atoms with Crippen LogP contribution in [0.1, 0.15) is 12.0 Å². The Kier molecular flexibility index (Phi) is 3.59. The maximum Gasteiger partial charge on any atom is 0.119 e. The fraction of sp³-hybridized carbons (Fsp3) is 0.182. The average Bonchev–Trinajstić information content (AvgIpc) is 2.19. The maximum absolute atomic E-state index is 8.32. The van der Waals surface area contributed by atoms with Gasteiger partial charge in [-0.2, -0.15) is 5.26 Å². The minimum atomic E-state index is 0.442. The van der Waals surface area contributed by atoms with Crippen LogP contribution in [-0.4, -0.2) is 7.11 Å². The van der Waals surface area contributed by atoms with E-state index >= 15 is 0 Å². The van der Waals surface area contributed by atoms with Gasteiger partial charge in [0, 0.05) is 0 Å². The van der Waals surface area contributed by atoms with Crippen molar-refractivity contribution in [1.29, 1.82) is 5.26 Å². The predicted octanol–water partition coefficient (Wildman–Crippen LogP) is 2.62. The second-order valence-electron chi connectivity index (χ2n) is 2.54. The average molecular weight is 173 g/mol. The van der Waals surface area contributed by atoms with E-state index in [1.165, 1.54) is 0 Å². The van der Waals surface area contributed by atoms with Gasteiger partial charge in [0.05, 0.1) is 19.6 Å². The summed E-state index contributed by atoms with van der Waals surface area (Å²) in [5.74, 6) is 0.833. The Morgan fingerprint density at radius 3 is 3.08 bits per heavy atom. The summed E-state index contributed by atoms with van der Waals surface area (Å²) in [6.45, 7) is 0. The summed E-state index contributed by atoms with van der Waals surface area (Å²) in [6.07, 6.45) is 4.18. The fourth-order valence-electron chi connectivity index (χ4n) is 0.993. The first-order valence-electron chi connectivity index (χ1n) is 4.04. The first kappa shape index (κ1) is 9.34. The molecule has 0 N–H and O–H groups in total. The van der Waals surface area contributed by atoms with E-state index in [9.17, 15) is 0 Å². The number of hydrogen-bond acceptors (Lipinski definition) is 2. The van der Waals surface area contributed by atoms with E-state index in [0.717, 1.165) is 11.3 Å². The summed E-state index contributed by atoms with van der Waals surface area (Å²) in [7, 11) is 1.64. The molecule has 0 aliphatic rings. The van der Waals surface area contributed by atoms with Crippen molar-refractivity contribution in [1.82, 2.24) is 0 Å². The number of rotatable bonds is 3. The van der Waals surface area contributed by atoms with Crippen molar-refractivity contribution >= 4 is 6.08 Å². The van der Waals surface area contributed by atoms with Crippen LogP contribution in [0.4, 0.5) is 0 Å². The molecular weight excluding hydrogens is 162 g/mol. The summed E-state index contributed by atoms with van der Waals surface area (Å²) in [6, 6.07) is 9.75. The van der Waals surface area contributed by atoms with Crippen LogP contribution in [0.2, 0.25) is 0 Å². The van der Waals surface area contributed by atoms with Crippen molar-refractivity contribution in [3.8, 4) is 11.8 Å². The summed E-state index contributed by atoms with van der Waals surface area (Å²) in [4.78, 5) is 0. The van der Waals surface area contributed by atoms with Gasteiger partial charge in [0.1, 0.15) is 5.75 Å². The van der Waals surface area contributed by atoms with Crippen molar-refractivity contribution in [2.24, 2.45) is 0 Å². The quantitative estimate of drug-likeness (QED) is 0.703. The Bertz CT molecular complexity index is 336. The molecule has 0 aromatic heterocycles. The van der Waals surface area contributed by atoms with Crippen LogP contribution in [0.25, 0.3) is 6.08 Å². The highest BCUT2D eigenvalue weighted by Gasteiger charge is 1.90. The number of benzene rings is 1. The third-order valence-electron chi connectivity index (χ3n) is 1.61. The Morgan fingerprint density at radius 1 is 1.54 bits per heavy atom. The Balaban J connectivity index is 2.73. The van der Waals surface area contributed by atoms with E-state index in [1.54, 1.807) is 7.11 Å². The molecule has 0 amide bonds. The second kappa shape index (κ2) is 5.00. The van der Waals surface area contributed by atoms with Gasteiger partial charge in [-0.15, -0.1) is 0 Å². The normalized spacial score (nSPS) is 9.85. The van der Waals surface area contributed by atoms with Gasteiger partial charge in [0.2, 0.25) is 0 Å². The summed E-state index contributed by atoms with van der Waals surface area (Å²) in [5.41, 5.74) is 1.05. The molecule has 2 heteroatoms. The molecule has 0 heterocycles. The van der Waals surface area contributed by atoms with Crippen molar-refractivity contribution in [3.05, 3.63) is 35.9 Å². The van der Waals surface area contributed by atoms with E-state index < -0.39 is 0 Å². The lowest BCUT2D eigenvalue weighted by Gasteiger charge is -1.99. The number of ether oxygens (including phenoxy) is 1. The highest BCUT2D eigenvalue weighted by Crippen LogP contribution is 2.13. The lowest BCUT2D eigenvalue weighted by Crippen LogP contribution is -1.81. The summed E-state index contributed by atoms with van der Waals surface area (Å²) < 4.78 is 5.06. The lowest BCUT2D eigenvalue weighted by molar-refractivity contribution is 0.414. The largest absolute Gasteiger partial charge is 0.497 e. The number of nitrogens with zero attached hydrogens (tertiary/aromatic N) is 1. The minimum absolute atomic E-state index is 0.442. The van der Waals surface area contributed by atoms with Crippen molar-refractivity contribution in [2.75, 3.05) is 7.11 Å². The molecule has 0 spiro atoms. The molecule has 2 nitrogen and oxygen atoms in total. The molecule has 0 unspecified atom stereocenters. The Morgan fingerprint density at radius 2 is 2.38 bits per heavy atom. The number of allylic oxidation sites excluding steroid dienone is 1. The van der Waals surface area contributed by atoms with Crippen LogP contribution >= 0.6 is 0 Å². The standard InChI is InChI=1S/C11H11NO/c1-13-11-7-4-6-10(9-11)5-2-3-8-12/h2,4-7,9H,3H2,1H3/b5-2+. The molecule has 1 aromatic carbocycles. The van der Waals surface area contributed by atoms with Gasteiger partial charge < -0.3 is 4.74 Å². The Labute approximate surface area is 78.1 Å². The molecule has 0 aliphatic carbocycles. The number of nitriles is 1. The molecule has 1 rings (SSSR count). The van der Waals surface area contributed by atoms with Gasteiger partial charge in [-0.1, -0.05) is 24.3 Å². The zero-order chi connectivity index (χ0) is 9.52. The molecular formula is C11H11NO. The molecule has 66 valence electrons. The van der Waals surface area contributed by atoms with Gasteiger partial charge in [0.25, 0.3) is 0 Å². The maximum atomic E-state index is 8.32. The van der Waals surface area contributed by atoms with Crippen LogP contribution < -0.4 is 4.74 Å². The van der Waals surface area contributed by atoms with Crippen molar-refractivity contribution in [2.45, 2.75) is 6.42 Å².